The number of aryl methyl sites for hydroxylation is 3. The fourth-order valence-corrected chi connectivity index (χ4v) is 4.57. The van der Waals surface area contributed by atoms with E-state index in [1.54, 1.807) is 25.0 Å². The number of piperidine rings is 1. The van der Waals surface area contributed by atoms with Gasteiger partial charge in [-0.1, -0.05) is 18.7 Å². The van der Waals surface area contributed by atoms with Crippen molar-refractivity contribution >= 4 is 28.9 Å². The summed E-state index contributed by atoms with van der Waals surface area (Å²) in [6.45, 7) is 6.52. The summed E-state index contributed by atoms with van der Waals surface area (Å²) in [5, 5.41) is 0.712. The van der Waals surface area contributed by atoms with Crippen molar-refractivity contribution in [2.45, 2.75) is 38.4 Å². The van der Waals surface area contributed by atoms with Crippen molar-refractivity contribution in [1.29, 1.82) is 0 Å². The maximum Gasteiger partial charge on any atom is 0.329 e. The third-order valence-electron chi connectivity index (χ3n) is 5.25. The van der Waals surface area contributed by atoms with E-state index in [-0.39, 0.29) is 0 Å². The number of aromatic amines is 1. The van der Waals surface area contributed by atoms with E-state index >= 15 is 0 Å². The quantitative estimate of drug-likeness (QED) is 0.498. The van der Waals surface area contributed by atoms with Gasteiger partial charge in [0.1, 0.15) is 0 Å². The molecule has 0 amide bonds. The third kappa shape index (κ3) is 3.93. The Bertz CT molecular complexity index is 1150. The predicted molar refractivity (Wildman–Crippen MR) is 114 cm³/mol. The van der Waals surface area contributed by atoms with Gasteiger partial charge < -0.3 is 9.47 Å². The molecule has 0 bridgehead atoms. The van der Waals surface area contributed by atoms with Gasteiger partial charge in [0.05, 0.1) is 0 Å². The van der Waals surface area contributed by atoms with Crippen LogP contribution in [0.4, 0.5) is 5.95 Å². The van der Waals surface area contributed by atoms with Gasteiger partial charge in [-0.25, -0.2) is 14.8 Å². The Morgan fingerprint density at radius 1 is 1.31 bits per heavy atom. The largest absolute Gasteiger partial charge is 0.342 e. The van der Waals surface area contributed by atoms with Gasteiger partial charge in [-0.3, -0.25) is 14.3 Å². The van der Waals surface area contributed by atoms with Crippen molar-refractivity contribution in [2.75, 3.05) is 23.7 Å². The van der Waals surface area contributed by atoms with Gasteiger partial charge in [0.2, 0.25) is 5.95 Å². The minimum atomic E-state index is -0.451. The van der Waals surface area contributed by atoms with Crippen molar-refractivity contribution in [3.63, 3.8) is 0 Å². The number of H-pyrrole nitrogens is 1. The van der Waals surface area contributed by atoms with Crippen LogP contribution in [0.1, 0.15) is 25.5 Å². The smallest absolute Gasteiger partial charge is 0.329 e. The Hall–Kier alpha value is -2.62. The fraction of sp³-hybridized carbons (Fsp3) is 0.526. The fourth-order valence-electron chi connectivity index (χ4n) is 3.77. The molecule has 4 rings (SSSR count). The molecule has 0 spiro atoms. The van der Waals surface area contributed by atoms with Gasteiger partial charge in [0, 0.05) is 44.3 Å². The van der Waals surface area contributed by atoms with Crippen molar-refractivity contribution in [2.24, 2.45) is 13.0 Å². The standard InChI is InChI=1S/C19H25N7O2S/c1-12-5-4-8-25(11-12)18-22-15-14(16(27)23-19(28)24(15)3)26(18)9-10-29-17-20-7-6-13(2)21-17/h6-7,12H,4-5,8-11H2,1-3H3,(H,23,27,28)/t12-/m0/s1. The van der Waals surface area contributed by atoms with Gasteiger partial charge in [-0.05, 0) is 31.7 Å². The van der Waals surface area contributed by atoms with Crippen LogP contribution in [0.3, 0.4) is 0 Å². The summed E-state index contributed by atoms with van der Waals surface area (Å²) in [5.74, 6) is 2.01. The molecule has 29 heavy (non-hydrogen) atoms. The van der Waals surface area contributed by atoms with Crippen LogP contribution in [0.15, 0.2) is 27.0 Å². The minimum Gasteiger partial charge on any atom is -0.342 e. The van der Waals surface area contributed by atoms with Crippen molar-refractivity contribution < 1.29 is 0 Å². The first-order chi connectivity index (χ1) is 13.9. The Labute approximate surface area is 172 Å². The zero-order valence-corrected chi connectivity index (χ0v) is 17.7. The van der Waals surface area contributed by atoms with E-state index < -0.39 is 11.2 Å². The SMILES string of the molecule is Cc1ccnc(SCCn2c(N3CCC[C@H](C)C3)nc3c2c(=O)[nH]c(=O)n3C)n1. The first-order valence-corrected chi connectivity index (χ1v) is 10.8. The minimum absolute atomic E-state index is 0.399. The summed E-state index contributed by atoms with van der Waals surface area (Å²) in [7, 11) is 1.63. The van der Waals surface area contributed by atoms with Gasteiger partial charge in [0.25, 0.3) is 5.56 Å². The molecule has 1 atom stereocenters. The maximum atomic E-state index is 12.6. The Balaban J connectivity index is 1.71. The van der Waals surface area contributed by atoms with Gasteiger partial charge >= 0.3 is 5.69 Å². The van der Waals surface area contributed by atoms with Gasteiger partial charge in [0.15, 0.2) is 16.3 Å². The van der Waals surface area contributed by atoms with Crippen molar-refractivity contribution in [3.05, 3.63) is 38.8 Å². The molecule has 0 radical (unpaired) electrons. The first kappa shape index (κ1) is 19.7. The molecule has 0 aromatic carbocycles. The number of nitrogens with zero attached hydrogens (tertiary/aromatic N) is 6. The Morgan fingerprint density at radius 2 is 2.14 bits per heavy atom. The van der Waals surface area contributed by atoms with Crippen LogP contribution in [0, 0.1) is 12.8 Å². The second kappa shape index (κ2) is 8.02. The Kier molecular flexibility index (Phi) is 5.44. The van der Waals surface area contributed by atoms with E-state index in [0.29, 0.717) is 34.5 Å². The van der Waals surface area contributed by atoms with Crippen molar-refractivity contribution in [1.82, 2.24) is 29.1 Å². The Morgan fingerprint density at radius 3 is 2.90 bits per heavy atom. The summed E-state index contributed by atoms with van der Waals surface area (Å²) in [6.07, 6.45) is 4.03. The van der Waals surface area contributed by atoms with E-state index in [1.807, 2.05) is 17.6 Å². The molecule has 1 N–H and O–H groups in total. The molecule has 1 fully saturated rings. The highest BCUT2D eigenvalue weighted by Gasteiger charge is 2.24. The zero-order valence-electron chi connectivity index (χ0n) is 16.9. The summed E-state index contributed by atoms with van der Waals surface area (Å²) >= 11 is 1.54. The summed E-state index contributed by atoms with van der Waals surface area (Å²) in [5.41, 5.74) is 0.928. The molecule has 1 saturated heterocycles. The average Bonchev–Trinajstić information content (AvgIpc) is 3.07. The molecular formula is C19H25N7O2S. The van der Waals surface area contributed by atoms with E-state index in [4.69, 9.17) is 4.98 Å². The normalized spacial score (nSPS) is 17.2. The molecule has 10 heteroatoms. The number of thioether (sulfide) groups is 1. The van der Waals surface area contributed by atoms with Crippen LogP contribution in [-0.2, 0) is 13.6 Å². The molecule has 3 aromatic rings. The highest BCUT2D eigenvalue weighted by molar-refractivity contribution is 7.99. The second-order valence-corrected chi connectivity index (χ2v) is 8.64. The van der Waals surface area contributed by atoms with Gasteiger partial charge in [-0.15, -0.1) is 0 Å². The molecule has 0 aliphatic carbocycles. The number of anilines is 1. The van der Waals surface area contributed by atoms with Crippen LogP contribution in [0.5, 0.6) is 0 Å². The summed E-state index contributed by atoms with van der Waals surface area (Å²) in [4.78, 5) is 42.8. The summed E-state index contributed by atoms with van der Waals surface area (Å²) < 4.78 is 3.34. The molecule has 154 valence electrons. The predicted octanol–water partition coefficient (Wildman–Crippen LogP) is 1.55. The lowest BCUT2D eigenvalue weighted by Gasteiger charge is -2.32. The number of imidazole rings is 1. The maximum absolute atomic E-state index is 12.6. The van der Waals surface area contributed by atoms with E-state index in [9.17, 15) is 9.59 Å². The lowest BCUT2D eigenvalue weighted by molar-refractivity contribution is 0.438. The first-order valence-electron chi connectivity index (χ1n) is 9.81. The number of fused-ring (bicyclic) bond motifs is 1. The number of hydrogen-bond acceptors (Lipinski definition) is 7. The molecule has 9 nitrogen and oxygen atoms in total. The van der Waals surface area contributed by atoms with E-state index in [1.165, 1.54) is 11.0 Å². The van der Waals surface area contributed by atoms with Crippen LogP contribution in [0.2, 0.25) is 0 Å². The average molecular weight is 416 g/mol. The third-order valence-corrected chi connectivity index (χ3v) is 6.09. The number of nitrogens with one attached hydrogen (secondary N) is 1. The lowest BCUT2D eigenvalue weighted by atomic mass is 10.0. The number of rotatable bonds is 5. The zero-order chi connectivity index (χ0) is 20.5. The van der Waals surface area contributed by atoms with Crippen LogP contribution in [-0.4, -0.2) is 47.9 Å². The topological polar surface area (TPSA) is 102 Å². The molecule has 0 saturated carbocycles. The highest BCUT2D eigenvalue weighted by Crippen LogP contribution is 2.26. The van der Waals surface area contributed by atoms with Crippen LogP contribution in [0.25, 0.3) is 11.2 Å². The lowest BCUT2D eigenvalue weighted by Crippen LogP contribution is -2.36. The monoisotopic (exact) mass is 415 g/mol. The molecule has 1 aliphatic rings. The van der Waals surface area contributed by atoms with E-state index in [0.717, 1.165) is 31.2 Å². The van der Waals surface area contributed by atoms with Crippen LogP contribution < -0.4 is 16.1 Å². The molecular weight excluding hydrogens is 390 g/mol. The van der Waals surface area contributed by atoms with Crippen molar-refractivity contribution in [3.8, 4) is 0 Å². The van der Waals surface area contributed by atoms with Crippen LogP contribution >= 0.6 is 11.8 Å². The number of aromatic nitrogens is 6. The number of hydrogen-bond donors (Lipinski definition) is 1. The van der Waals surface area contributed by atoms with E-state index in [2.05, 4.69) is 26.8 Å². The molecule has 3 aromatic heterocycles. The molecule has 4 heterocycles. The molecule has 1 aliphatic heterocycles. The highest BCUT2D eigenvalue weighted by atomic mass is 32.2. The second-order valence-electron chi connectivity index (χ2n) is 7.58. The summed E-state index contributed by atoms with van der Waals surface area (Å²) in [6, 6.07) is 1.86. The molecule has 0 unspecified atom stereocenters. The van der Waals surface area contributed by atoms with Gasteiger partial charge in [-0.2, -0.15) is 4.98 Å².